The van der Waals surface area contributed by atoms with Gasteiger partial charge in [-0.3, -0.25) is 4.79 Å². The number of hydrogen-bond donors (Lipinski definition) is 0. The molecule has 2 aliphatic rings. The number of carbonyl (C=O) groups excluding carboxylic acids is 2. The molecule has 1 saturated heterocycles. The van der Waals surface area contributed by atoms with E-state index in [1.54, 1.807) is 17.0 Å². The van der Waals surface area contributed by atoms with Crippen LogP contribution in [0.4, 0.5) is 0 Å². The third-order valence-electron chi connectivity index (χ3n) is 4.97. The molecule has 2 fully saturated rings. The van der Waals surface area contributed by atoms with Crippen LogP contribution in [0.25, 0.3) is 0 Å². The summed E-state index contributed by atoms with van der Waals surface area (Å²) in [5.41, 5.74) is 1.53. The van der Waals surface area contributed by atoms with Crippen molar-refractivity contribution in [2.45, 2.75) is 51.1 Å². The standard InChI is InChI=1S/C19H25NO5S/c1-13(2)14-3-5-15(6-4-14)19(22)25-11-18(21)20(16-7-8-16)17-9-10-26(23,24)12-17/h3-6,13,16-17H,7-12H2,1-2H3. The van der Waals surface area contributed by atoms with E-state index in [1.165, 1.54) is 0 Å². The second-order valence-electron chi connectivity index (χ2n) is 7.44. The summed E-state index contributed by atoms with van der Waals surface area (Å²) < 4.78 is 28.6. The van der Waals surface area contributed by atoms with Crippen LogP contribution in [0.2, 0.25) is 0 Å². The highest BCUT2D eigenvalue weighted by atomic mass is 32.2. The van der Waals surface area contributed by atoms with E-state index in [0.29, 0.717) is 17.9 Å². The van der Waals surface area contributed by atoms with E-state index in [4.69, 9.17) is 4.74 Å². The van der Waals surface area contributed by atoms with Crippen LogP contribution in [-0.2, 0) is 19.4 Å². The lowest BCUT2D eigenvalue weighted by Crippen LogP contribution is -2.44. The van der Waals surface area contributed by atoms with Gasteiger partial charge in [-0.1, -0.05) is 26.0 Å². The molecule has 142 valence electrons. The largest absolute Gasteiger partial charge is 0.452 e. The summed E-state index contributed by atoms with van der Waals surface area (Å²) in [6.07, 6.45) is 2.23. The van der Waals surface area contributed by atoms with Crippen LogP contribution in [0.15, 0.2) is 24.3 Å². The van der Waals surface area contributed by atoms with E-state index in [2.05, 4.69) is 13.8 Å². The maximum atomic E-state index is 12.6. The van der Waals surface area contributed by atoms with Crippen molar-refractivity contribution < 1.29 is 22.7 Å². The SMILES string of the molecule is CC(C)c1ccc(C(=O)OCC(=O)N(C2CC2)C2CCS(=O)(=O)C2)cc1. The summed E-state index contributed by atoms with van der Waals surface area (Å²) in [6.45, 7) is 3.79. The Morgan fingerprint density at radius 3 is 2.27 bits per heavy atom. The van der Waals surface area contributed by atoms with Crippen molar-refractivity contribution in [3.05, 3.63) is 35.4 Å². The van der Waals surface area contributed by atoms with Gasteiger partial charge < -0.3 is 9.64 Å². The zero-order valence-corrected chi connectivity index (χ0v) is 16.0. The van der Waals surface area contributed by atoms with Gasteiger partial charge >= 0.3 is 5.97 Å². The third-order valence-corrected chi connectivity index (χ3v) is 6.72. The molecule has 3 rings (SSSR count). The summed E-state index contributed by atoms with van der Waals surface area (Å²) in [6, 6.07) is 6.95. The van der Waals surface area contributed by atoms with Crippen molar-refractivity contribution in [3.63, 3.8) is 0 Å². The second-order valence-corrected chi connectivity index (χ2v) is 9.67. The number of nitrogens with zero attached hydrogens (tertiary/aromatic N) is 1. The van der Waals surface area contributed by atoms with E-state index in [-0.39, 0.29) is 36.1 Å². The Hall–Kier alpha value is -1.89. The smallest absolute Gasteiger partial charge is 0.338 e. The maximum absolute atomic E-state index is 12.6. The molecular weight excluding hydrogens is 354 g/mol. The van der Waals surface area contributed by atoms with Gasteiger partial charge in [-0.25, -0.2) is 13.2 Å². The minimum atomic E-state index is -3.07. The number of hydrogen-bond acceptors (Lipinski definition) is 5. The molecule has 1 heterocycles. The second kappa shape index (κ2) is 7.39. The molecule has 1 amide bonds. The van der Waals surface area contributed by atoms with Crippen molar-refractivity contribution in [1.29, 1.82) is 0 Å². The molecule has 0 bridgehead atoms. The van der Waals surface area contributed by atoms with E-state index >= 15 is 0 Å². The number of rotatable bonds is 6. The molecule has 1 aromatic carbocycles. The average molecular weight is 379 g/mol. The minimum Gasteiger partial charge on any atom is -0.452 e. The van der Waals surface area contributed by atoms with Gasteiger partial charge in [-0.2, -0.15) is 0 Å². The predicted molar refractivity (Wildman–Crippen MR) is 97.7 cm³/mol. The van der Waals surface area contributed by atoms with Crippen molar-refractivity contribution in [2.75, 3.05) is 18.1 Å². The van der Waals surface area contributed by atoms with Crippen molar-refractivity contribution in [3.8, 4) is 0 Å². The number of ether oxygens (including phenoxy) is 1. The fourth-order valence-corrected chi connectivity index (χ4v) is 5.05. The highest BCUT2D eigenvalue weighted by Gasteiger charge is 2.42. The zero-order valence-electron chi connectivity index (χ0n) is 15.2. The fraction of sp³-hybridized carbons (Fsp3) is 0.579. The van der Waals surface area contributed by atoms with E-state index in [0.717, 1.165) is 18.4 Å². The first kappa shape index (κ1) is 18.9. The van der Waals surface area contributed by atoms with E-state index in [9.17, 15) is 18.0 Å². The van der Waals surface area contributed by atoms with E-state index in [1.807, 2.05) is 12.1 Å². The Morgan fingerprint density at radius 1 is 1.12 bits per heavy atom. The van der Waals surface area contributed by atoms with Gasteiger partial charge in [0.1, 0.15) is 0 Å². The zero-order chi connectivity index (χ0) is 18.9. The van der Waals surface area contributed by atoms with Crippen molar-refractivity contribution in [1.82, 2.24) is 4.90 Å². The molecule has 0 aromatic heterocycles. The molecule has 1 aliphatic heterocycles. The van der Waals surface area contributed by atoms with Gasteiger partial charge in [0, 0.05) is 12.1 Å². The van der Waals surface area contributed by atoms with Gasteiger partial charge in [0.15, 0.2) is 16.4 Å². The van der Waals surface area contributed by atoms with Crippen molar-refractivity contribution in [2.24, 2.45) is 0 Å². The molecule has 1 aliphatic carbocycles. The lowest BCUT2D eigenvalue weighted by molar-refractivity contribution is -0.137. The van der Waals surface area contributed by atoms with Crippen LogP contribution in [0.1, 0.15) is 54.9 Å². The van der Waals surface area contributed by atoms with Crippen LogP contribution in [0, 0.1) is 0 Å². The van der Waals surface area contributed by atoms with Gasteiger partial charge in [0.25, 0.3) is 5.91 Å². The maximum Gasteiger partial charge on any atom is 0.338 e. The molecule has 1 aromatic rings. The molecule has 7 heteroatoms. The first-order valence-electron chi connectivity index (χ1n) is 9.05. The summed E-state index contributed by atoms with van der Waals surface area (Å²) in [5.74, 6) is -0.336. The molecule has 26 heavy (non-hydrogen) atoms. The van der Waals surface area contributed by atoms with Gasteiger partial charge in [-0.05, 0) is 42.9 Å². The van der Waals surface area contributed by atoms with Crippen LogP contribution >= 0.6 is 0 Å². The number of sulfone groups is 1. The van der Waals surface area contributed by atoms with Crippen LogP contribution < -0.4 is 0 Å². The number of benzene rings is 1. The monoisotopic (exact) mass is 379 g/mol. The Kier molecular flexibility index (Phi) is 5.37. The molecule has 0 N–H and O–H groups in total. The normalized spacial score (nSPS) is 21.6. The summed E-state index contributed by atoms with van der Waals surface area (Å²) in [7, 11) is -3.07. The summed E-state index contributed by atoms with van der Waals surface area (Å²) >= 11 is 0. The van der Waals surface area contributed by atoms with E-state index < -0.39 is 15.8 Å². The van der Waals surface area contributed by atoms with Crippen molar-refractivity contribution >= 4 is 21.7 Å². The first-order valence-corrected chi connectivity index (χ1v) is 10.9. The number of esters is 1. The molecule has 1 unspecified atom stereocenters. The van der Waals surface area contributed by atoms with Crippen LogP contribution in [0.3, 0.4) is 0 Å². The average Bonchev–Trinajstić information content (AvgIpc) is 3.36. The molecule has 0 spiro atoms. The predicted octanol–water partition coefficient (Wildman–Crippen LogP) is 2.14. The van der Waals surface area contributed by atoms with Crippen LogP contribution in [-0.4, -0.2) is 55.4 Å². The quantitative estimate of drug-likeness (QED) is 0.708. The highest BCUT2D eigenvalue weighted by molar-refractivity contribution is 7.91. The van der Waals surface area contributed by atoms with Gasteiger partial charge in [0.2, 0.25) is 0 Å². The Labute approximate surface area is 154 Å². The molecule has 0 radical (unpaired) electrons. The molecular formula is C19H25NO5S. The molecule has 1 atom stereocenters. The highest BCUT2D eigenvalue weighted by Crippen LogP contribution is 2.32. The van der Waals surface area contributed by atoms with Gasteiger partial charge in [0.05, 0.1) is 17.1 Å². The minimum absolute atomic E-state index is 0.0137. The number of carbonyl (C=O) groups is 2. The molecule has 6 nitrogen and oxygen atoms in total. The summed E-state index contributed by atoms with van der Waals surface area (Å²) in [4.78, 5) is 26.4. The topological polar surface area (TPSA) is 80.8 Å². The lowest BCUT2D eigenvalue weighted by atomic mass is 10.0. The van der Waals surface area contributed by atoms with Crippen LogP contribution in [0.5, 0.6) is 0 Å². The Balaban J connectivity index is 1.59. The first-order chi connectivity index (χ1) is 12.3. The lowest BCUT2D eigenvalue weighted by Gasteiger charge is -2.28. The number of amides is 1. The molecule has 1 saturated carbocycles. The van der Waals surface area contributed by atoms with Gasteiger partial charge in [-0.15, -0.1) is 0 Å². The third kappa shape index (κ3) is 4.44. The fourth-order valence-electron chi connectivity index (χ4n) is 3.34. The Morgan fingerprint density at radius 2 is 1.77 bits per heavy atom. The summed E-state index contributed by atoms with van der Waals surface area (Å²) in [5, 5.41) is 0. The Bertz CT molecular complexity index is 781.